The lowest BCUT2D eigenvalue weighted by molar-refractivity contribution is -0.133. The summed E-state index contributed by atoms with van der Waals surface area (Å²) in [7, 11) is 3.52. The fourth-order valence-corrected chi connectivity index (χ4v) is 1.80. The Bertz CT molecular complexity index is 475. The number of pyridine rings is 1. The minimum absolute atomic E-state index is 0.0422. The topological polar surface area (TPSA) is 65.5 Å². The van der Waals surface area contributed by atoms with Gasteiger partial charge in [-0.1, -0.05) is 0 Å². The van der Waals surface area contributed by atoms with E-state index < -0.39 is 0 Å². The zero-order valence-corrected chi connectivity index (χ0v) is 10.5. The van der Waals surface area contributed by atoms with E-state index in [0.717, 1.165) is 5.69 Å². The molecule has 2 amide bonds. The minimum atomic E-state index is -0.200. The number of rotatable bonds is 2. The van der Waals surface area contributed by atoms with Crippen LogP contribution in [0.3, 0.4) is 0 Å². The Morgan fingerprint density at radius 1 is 1.44 bits per heavy atom. The van der Waals surface area contributed by atoms with E-state index in [-0.39, 0.29) is 18.4 Å². The fourth-order valence-electron chi connectivity index (χ4n) is 1.80. The number of hydrogen-bond acceptors (Lipinski definition) is 4. The number of carbonyl (C=O) groups excluding carboxylic acids is 2. The van der Waals surface area contributed by atoms with Crippen molar-refractivity contribution >= 4 is 17.5 Å². The molecule has 18 heavy (non-hydrogen) atoms. The van der Waals surface area contributed by atoms with Gasteiger partial charge in [-0.15, -0.1) is 0 Å². The van der Waals surface area contributed by atoms with Gasteiger partial charge in [-0.05, 0) is 12.1 Å². The maximum Gasteiger partial charge on any atom is 0.273 e. The zero-order valence-electron chi connectivity index (χ0n) is 10.5. The van der Waals surface area contributed by atoms with E-state index in [1.54, 1.807) is 37.3 Å². The van der Waals surface area contributed by atoms with Gasteiger partial charge in [-0.25, -0.2) is 0 Å². The molecule has 0 atom stereocenters. The van der Waals surface area contributed by atoms with E-state index in [1.165, 1.54) is 4.90 Å². The van der Waals surface area contributed by atoms with Crippen molar-refractivity contribution in [3.05, 3.63) is 24.0 Å². The molecule has 6 heteroatoms. The van der Waals surface area contributed by atoms with Crippen molar-refractivity contribution < 1.29 is 9.59 Å². The van der Waals surface area contributed by atoms with E-state index >= 15 is 0 Å². The molecule has 6 nitrogen and oxygen atoms in total. The third-order valence-corrected chi connectivity index (χ3v) is 3.01. The lowest BCUT2D eigenvalue weighted by Crippen LogP contribution is -2.50. The molecule has 1 fully saturated rings. The van der Waals surface area contributed by atoms with Crippen molar-refractivity contribution in [3.63, 3.8) is 0 Å². The van der Waals surface area contributed by atoms with Gasteiger partial charge in [-0.2, -0.15) is 0 Å². The summed E-state index contributed by atoms with van der Waals surface area (Å²) in [6, 6.07) is 3.47. The molecule has 1 N–H and O–H groups in total. The van der Waals surface area contributed by atoms with Crippen molar-refractivity contribution in [2.75, 3.05) is 39.0 Å². The van der Waals surface area contributed by atoms with Gasteiger partial charge < -0.3 is 15.1 Å². The van der Waals surface area contributed by atoms with Gasteiger partial charge in [0.1, 0.15) is 12.2 Å². The summed E-state index contributed by atoms with van der Waals surface area (Å²) in [6.45, 7) is 1.24. The third-order valence-electron chi connectivity index (χ3n) is 3.01. The van der Waals surface area contributed by atoms with Crippen LogP contribution in [0.4, 0.5) is 5.69 Å². The lowest BCUT2D eigenvalue weighted by Gasteiger charge is -2.31. The number of carbonyl (C=O) groups is 2. The summed E-state index contributed by atoms with van der Waals surface area (Å²) >= 11 is 0. The van der Waals surface area contributed by atoms with E-state index in [4.69, 9.17) is 0 Å². The monoisotopic (exact) mass is 248 g/mol. The second-order valence-electron chi connectivity index (χ2n) is 4.22. The average molecular weight is 248 g/mol. The molecule has 0 spiro atoms. The van der Waals surface area contributed by atoms with Crippen molar-refractivity contribution in [2.24, 2.45) is 0 Å². The molecule has 2 rings (SSSR count). The van der Waals surface area contributed by atoms with Gasteiger partial charge in [0.2, 0.25) is 5.91 Å². The van der Waals surface area contributed by atoms with Crippen LogP contribution in [0.1, 0.15) is 10.5 Å². The quantitative estimate of drug-likeness (QED) is 0.802. The Morgan fingerprint density at radius 2 is 2.22 bits per heavy atom. The molecule has 1 aliphatic heterocycles. The second kappa shape index (κ2) is 5.03. The number of hydrogen-bond donors (Lipinski definition) is 1. The molecule has 0 bridgehead atoms. The van der Waals surface area contributed by atoms with Gasteiger partial charge in [0.05, 0.1) is 0 Å². The van der Waals surface area contributed by atoms with E-state index in [2.05, 4.69) is 10.3 Å². The fraction of sp³-hybridized carbons (Fsp3) is 0.417. The molecular weight excluding hydrogens is 232 g/mol. The number of nitrogens with zero attached hydrogens (tertiary/aromatic N) is 3. The number of aromatic nitrogens is 1. The highest BCUT2D eigenvalue weighted by Crippen LogP contribution is 2.11. The molecule has 1 aromatic rings. The first-order valence-corrected chi connectivity index (χ1v) is 5.79. The molecule has 2 heterocycles. The van der Waals surface area contributed by atoms with Gasteiger partial charge in [0.15, 0.2) is 0 Å². The zero-order chi connectivity index (χ0) is 13.1. The molecule has 96 valence electrons. The SMILES string of the molecule is CNc1ccnc(C(=O)N2CCN(C)C(=O)C2)c1. The average Bonchev–Trinajstić information content (AvgIpc) is 2.41. The normalized spacial score (nSPS) is 15.8. The number of piperazine rings is 1. The van der Waals surface area contributed by atoms with Crippen molar-refractivity contribution in [3.8, 4) is 0 Å². The summed E-state index contributed by atoms with van der Waals surface area (Å²) in [5.74, 6) is -0.243. The summed E-state index contributed by atoms with van der Waals surface area (Å²) in [6.07, 6.45) is 1.58. The van der Waals surface area contributed by atoms with Crippen LogP contribution in [0.2, 0.25) is 0 Å². The predicted octanol–water partition coefficient (Wildman–Crippen LogP) is 0.0375. The van der Waals surface area contributed by atoms with Crippen LogP contribution in [-0.2, 0) is 4.79 Å². The summed E-state index contributed by atoms with van der Waals surface area (Å²) < 4.78 is 0. The van der Waals surface area contributed by atoms with Crippen LogP contribution in [0.25, 0.3) is 0 Å². The van der Waals surface area contributed by atoms with Gasteiger partial charge in [0.25, 0.3) is 5.91 Å². The van der Waals surface area contributed by atoms with Gasteiger partial charge in [0, 0.05) is 39.1 Å². The smallest absolute Gasteiger partial charge is 0.273 e. The lowest BCUT2D eigenvalue weighted by atomic mass is 10.2. The number of nitrogens with one attached hydrogen (secondary N) is 1. The Kier molecular flexibility index (Phi) is 3.45. The summed E-state index contributed by atoms with van der Waals surface area (Å²) in [5, 5.41) is 2.96. The highest BCUT2D eigenvalue weighted by atomic mass is 16.2. The molecule has 1 aliphatic rings. The molecule has 0 saturated carbocycles. The maximum atomic E-state index is 12.2. The largest absolute Gasteiger partial charge is 0.388 e. The maximum absolute atomic E-state index is 12.2. The Balaban J connectivity index is 2.13. The molecule has 1 aromatic heterocycles. The van der Waals surface area contributed by atoms with E-state index in [9.17, 15) is 9.59 Å². The first kappa shape index (κ1) is 12.3. The van der Waals surface area contributed by atoms with Gasteiger partial charge in [-0.3, -0.25) is 14.6 Å². The molecule has 1 saturated heterocycles. The van der Waals surface area contributed by atoms with Crippen LogP contribution in [-0.4, -0.2) is 60.3 Å². The minimum Gasteiger partial charge on any atom is -0.388 e. The molecule has 0 aromatic carbocycles. The Morgan fingerprint density at radius 3 is 2.89 bits per heavy atom. The highest BCUT2D eigenvalue weighted by Gasteiger charge is 2.26. The van der Waals surface area contributed by atoms with Crippen LogP contribution in [0.15, 0.2) is 18.3 Å². The molecule has 0 radical (unpaired) electrons. The molecule has 0 aliphatic carbocycles. The number of likely N-dealkylation sites (N-methyl/N-ethyl adjacent to an activating group) is 1. The number of anilines is 1. The van der Waals surface area contributed by atoms with Crippen molar-refractivity contribution in [1.82, 2.24) is 14.8 Å². The second-order valence-corrected chi connectivity index (χ2v) is 4.22. The van der Waals surface area contributed by atoms with Crippen LogP contribution in [0, 0.1) is 0 Å². The third kappa shape index (κ3) is 2.42. The summed E-state index contributed by atoms with van der Waals surface area (Å²) in [5.41, 5.74) is 1.19. The van der Waals surface area contributed by atoms with E-state index in [0.29, 0.717) is 18.8 Å². The first-order valence-electron chi connectivity index (χ1n) is 5.79. The van der Waals surface area contributed by atoms with Crippen LogP contribution < -0.4 is 5.32 Å². The van der Waals surface area contributed by atoms with Crippen molar-refractivity contribution in [2.45, 2.75) is 0 Å². The van der Waals surface area contributed by atoms with Crippen LogP contribution >= 0.6 is 0 Å². The van der Waals surface area contributed by atoms with Crippen molar-refractivity contribution in [1.29, 1.82) is 0 Å². The van der Waals surface area contributed by atoms with Gasteiger partial charge >= 0.3 is 0 Å². The highest BCUT2D eigenvalue weighted by molar-refractivity contribution is 5.96. The first-order chi connectivity index (χ1) is 8.61. The predicted molar refractivity (Wildman–Crippen MR) is 67.3 cm³/mol. The standard InChI is InChI=1S/C12H16N4O2/c1-13-9-3-4-14-10(7-9)12(18)16-6-5-15(2)11(17)8-16/h3-4,7H,5-6,8H2,1-2H3,(H,13,14). The Labute approximate surface area is 106 Å². The number of amides is 2. The van der Waals surface area contributed by atoms with E-state index in [1.807, 2.05) is 0 Å². The Hall–Kier alpha value is -2.11. The summed E-state index contributed by atoms with van der Waals surface area (Å²) in [4.78, 5) is 31.0. The van der Waals surface area contributed by atoms with Crippen LogP contribution in [0.5, 0.6) is 0 Å². The molecule has 0 unspecified atom stereocenters. The molecular formula is C12H16N4O2.